The van der Waals surface area contributed by atoms with Crippen molar-refractivity contribution in [1.82, 2.24) is 10.2 Å². The summed E-state index contributed by atoms with van der Waals surface area (Å²) >= 11 is 0. The summed E-state index contributed by atoms with van der Waals surface area (Å²) in [7, 11) is 3.97. The van der Waals surface area contributed by atoms with Crippen molar-refractivity contribution in [2.45, 2.75) is 205 Å². The average molecular weight is 919 g/mol. The first-order valence-corrected chi connectivity index (χ1v) is 25.0. The monoisotopic (exact) mass is 919 g/mol. The van der Waals surface area contributed by atoms with E-state index in [4.69, 9.17) is 33.2 Å². The topological polar surface area (TPSA) is 172 Å². The van der Waals surface area contributed by atoms with E-state index in [2.05, 4.69) is 37.6 Å². The van der Waals surface area contributed by atoms with E-state index in [1.807, 2.05) is 67.8 Å². The minimum absolute atomic E-state index is 0.0281. The molecule has 0 aromatic rings. The van der Waals surface area contributed by atoms with Gasteiger partial charge in [0, 0.05) is 36.6 Å². The van der Waals surface area contributed by atoms with Crippen molar-refractivity contribution in [2.75, 3.05) is 33.8 Å². The number of ether oxygens (including phenoxy) is 7. The van der Waals surface area contributed by atoms with Crippen molar-refractivity contribution < 1.29 is 57.8 Å². The Balaban J connectivity index is 1.37. The molecule has 0 aromatic heterocycles. The zero-order valence-corrected chi connectivity index (χ0v) is 41.8. The fraction of sp³-hybridized carbons (Fsp3) is 0.863. The van der Waals surface area contributed by atoms with Crippen molar-refractivity contribution in [3.8, 4) is 0 Å². The van der Waals surface area contributed by atoms with Gasteiger partial charge in [0.25, 0.3) is 0 Å². The molecule has 1 amide bonds. The highest BCUT2D eigenvalue weighted by atomic mass is 16.8. The number of aliphatic hydroxyl groups excluding tert-OH is 1. The van der Waals surface area contributed by atoms with Crippen LogP contribution in [0.5, 0.6) is 0 Å². The number of nitrogens with zero attached hydrogens (tertiary/aromatic N) is 1. The number of rotatable bonds is 19. The molecule has 5 heterocycles. The first kappa shape index (κ1) is 53.5. The molecule has 3 N–H and O–H groups in total. The molecular weight excluding hydrogens is 833 g/mol. The molecule has 4 saturated heterocycles. The lowest BCUT2D eigenvalue weighted by atomic mass is 9.72. The molecule has 372 valence electrons. The number of carbonyl (C=O) groups is 3. The molecular formula is C51H86N2O12. The quantitative estimate of drug-likeness (QED) is 0.0661. The Labute approximate surface area is 390 Å². The van der Waals surface area contributed by atoms with Gasteiger partial charge in [-0.3, -0.25) is 9.59 Å². The summed E-state index contributed by atoms with van der Waals surface area (Å²) in [5, 5.41) is 26.1. The number of carbonyl (C=O) groups excluding carboxylic acids is 3. The van der Waals surface area contributed by atoms with Gasteiger partial charge in [-0.1, -0.05) is 68.0 Å². The van der Waals surface area contributed by atoms with Gasteiger partial charge in [0.15, 0.2) is 11.9 Å². The van der Waals surface area contributed by atoms with E-state index in [1.165, 1.54) is 0 Å². The summed E-state index contributed by atoms with van der Waals surface area (Å²) in [6.07, 6.45) is 7.39. The zero-order valence-electron chi connectivity index (χ0n) is 41.8. The highest BCUT2D eigenvalue weighted by Crippen LogP contribution is 2.54. The van der Waals surface area contributed by atoms with Crippen LogP contribution < -0.4 is 5.32 Å². The largest absolute Gasteiger partial charge is 0.461 e. The third kappa shape index (κ3) is 11.7. The predicted octanol–water partition coefficient (Wildman–Crippen LogP) is 7.52. The summed E-state index contributed by atoms with van der Waals surface area (Å²) in [5.74, 6) is -5.36. The van der Waals surface area contributed by atoms with E-state index in [9.17, 15) is 24.6 Å². The lowest BCUT2D eigenvalue weighted by Crippen LogP contribution is -2.63. The van der Waals surface area contributed by atoms with Crippen molar-refractivity contribution >= 4 is 17.8 Å². The summed E-state index contributed by atoms with van der Waals surface area (Å²) in [5.41, 5.74) is -1.75. The van der Waals surface area contributed by atoms with E-state index in [0.717, 1.165) is 19.4 Å². The number of hydrogen-bond donors (Lipinski definition) is 3. The lowest BCUT2D eigenvalue weighted by molar-refractivity contribution is -0.408. The summed E-state index contributed by atoms with van der Waals surface area (Å²) < 4.78 is 46.2. The molecule has 5 aliphatic rings. The summed E-state index contributed by atoms with van der Waals surface area (Å²) in [6.45, 7) is 24.9. The average Bonchev–Trinajstić information content (AvgIpc) is 3.62. The van der Waals surface area contributed by atoms with Crippen molar-refractivity contribution in [3.63, 3.8) is 0 Å². The second-order valence-electron chi connectivity index (χ2n) is 21.0. The SMILES string of the molecule is C=CCOC(=O)[C@H](CC)[C@H]1CCC(C)[C@H]([C@@H](C)[C@H](O)[C@H](C)C(=O)[C@H](CC)[C@H]2O[C@]3(C=C[C@@H](OC(=O)NCCCN(C)C)[C@]4(CC[C@@](C)([C@H]5CC[C@](O)(CC)[C@H](C)O5)O4)O3)[C@H](C)C[C@@H]2C)O1. The molecule has 1 unspecified atom stereocenters. The molecule has 4 fully saturated rings. The van der Waals surface area contributed by atoms with Gasteiger partial charge in [-0.2, -0.15) is 0 Å². The van der Waals surface area contributed by atoms with Crippen LogP contribution in [0.1, 0.15) is 140 Å². The Kier molecular flexibility index (Phi) is 18.4. The summed E-state index contributed by atoms with van der Waals surface area (Å²) in [6, 6.07) is 0. The Morgan fingerprint density at radius 3 is 2.29 bits per heavy atom. The maximum atomic E-state index is 14.8. The predicted molar refractivity (Wildman–Crippen MR) is 248 cm³/mol. The van der Waals surface area contributed by atoms with E-state index in [0.29, 0.717) is 64.3 Å². The Bertz CT molecular complexity index is 1640. The molecule has 0 aromatic carbocycles. The first-order valence-electron chi connectivity index (χ1n) is 25.0. The molecule has 5 rings (SSSR count). The highest BCUT2D eigenvalue weighted by molar-refractivity contribution is 5.84. The first-order chi connectivity index (χ1) is 30.6. The van der Waals surface area contributed by atoms with Gasteiger partial charge in [-0.25, -0.2) is 4.79 Å². The molecule has 0 saturated carbocycles. The van der Waals surface area contributed by atoms with Crippen LogP contribution in [-0.4, -0.2) is 132 Å². The summed E-state index contributed by atoms with van der Waals surface area (Å²) in [4.78, 5) is 43.2. The van der Waals surface area contributed by atoms with Crippen molar-refractivity contribution in [2.24, 2.45) is 41.4 Å². The van der Waals surface area contributed by atoms with Gasteiger partial charge < -0.3 is 53.6 Å². The molecule has 0 bridgehead atoms. The molecule has 65 heavy (non-hydrogen) atoms. The number of aliphatic hydroxyl groups is 2. The highest BCUT2D eigenvalue weighted by Gasteiger charge is 2.64. The van der Waals surface area contributed by atoms with Gasteiger partial charge >= 0.3 is 12.1 Å². The fourth-order valence-corrected chi connectivity index (χ4v) is 11.6. The normalized spacial score (nSPS) is 39.6. The van der Waals surface area contributed by atoms with Gasteiger partial charge in [-0.05, 0) is 123 Å². The number of amides is 1. The van der Waals surface area contributed by atoms with Gasteiger partial charge in [-0.15, -0.1) is 0 Å². The van der Waals surface area contributed by atoms with Crippen LogP contribution in [0.25, 0.3) is 0 Å². The van der Waals surface area contributed by atoms with Crippen LogP contribution in [0, 0.1) is 41.4 Å². The molecule has 5 aliphatic heterocycles. The van der Waals surface area contributed by atoms with Crippen molar-refractivity contribution in [1.29, 1.82) is 0 Å². The maximum Gasteiger partial charge on any atom is 0.407 e. The van der Waals surface area contributed by atoms with E-state index < -0.39 is 77.0 Å². The van der Waals surface area contributed by atoms with Crippen LogP contribution >= 0.6 is 0 Å². The number of ketones is 1. The maximum absolute atomic E-state index is 14.8. The Morgan fingerprint density at radius 2 is 1.66 bits per heavy atom. The van der Waals surface area contributed by atoms with Crippen LogP contribution in [0.3, 0.4) is 0 Å². The van der Waals surface area contributed by atoms with Gasteiger partial charge in [0.05, 0.1) is 53.7 Å². The number of nitrogens with one attached hydrogen (secondary N) is 1. The minimum Gasteiger partial charge on any atom is -0.461 e. The van der Waals surface area contributed by atoms with Crippen molar-refractivity contribution in [3.05, 3.63) is 24.8 Å². The van der Waals surface area contributed by atoms with E-state index in [-0.39, 0.29) is 54.4 Å². The lowest BCUT2D eigenvalue weighted by Gasteiger charge is -2.54. The van der Waals surface area contributed by atoms with Crippen LogP contribution in [0.15, 0.2) is 24.8 Å². The van der Waals surface area contributed by atoms with Crippen LogP contribution in [0.4, 0.5) is 4.79 Å². The standard InChI is InChI=1S/C51H86N2O12/c1-14-29-59-46(56)37(15-2)39-20-19-31(5)44(61-39)35(9)42(54)34(8)43(55)38(16-3)45-32(6)30-33(7)50(63-45)24-22-41(62-47(57)52-27-18-28-53(12)13)51(65-50)26-25-48(11,64-51)40-21-23-49(58,17-4)36(10)60-40/h14,22,24,31-42,44-45,54,58H,1,15-21,23,25-30H2,2-13H3,(H,52,57)/t31?,32-,33+,34-,35-,36-,37+,38-,39+,40+,41+,42+,44+,45-,48-,49+,50-,51-/m0/s1. The number of Topliss-reactive ketones (excluding diaryl/α,β-unsaturated/α-hetero) is 1. The Hall–Kier alpha value is -2.43. The molecule has 0 aliphatic carbocycles. The fourth-order valence-electron chi connectivity index (χ4n) is 11.6. The number of hydrogen-bond acceptors (Lipinski definition) is 13. The second-order valence-corrected chi connectivity index (χ2v) is 21.0. The van der Waals surface area contributed by atoms with Gasteiger partial charge in [0.1, 0.15) is 12.4 Å². The second kappa shape index (κ2) is 22.3. The third-order valence-electron chi connectivity index (χ3n) is 16.0. The Morgan fingerprint density at radius 1 is 0.954 bits per heavy atom. The minimum atomic E-state index is -1.44. The number of esters is 1. The molecule has 2 spiro atoms. The molecule has 0 radical (unpaired) electrons. The van der Waals surface area contributed by atoms with E-state index in [1.54, 1.807) is 13.0 Å². The molecule has 14 heteroatoms. The number of alkyl carbamates (subject to hydrolysis) is 1. The van der Waals surface area contributed by atoms with Gasteiger partial charge in [0.2, 0.25) is 5.79 Å². The third-order valence-corrected chi connectivity index (χ3v) is 16.0. The smallest absolute Gasteiger partial charge is 0.407 e. The molecule has 14 nitrogen and oxygen atoms in total. The zero-order chi connectivity index (χ0) is 48.1. The molecule has 18 atom stereocenters. The van der Waals surface area contributed by atoms with E-state index >= 15 is 0 Å². The van der Waals surface area contributed by atoms with Crippen LogP contribution in [0.2, 0.25) is 0 Å². The van der Waals surface area contributed by atoms with Crippen LogP contribution in [-0.2, 0) is 42.7 Å².